The van der Waals surface area contributed by atoms with Crippen molar-refractivity contribution in [3.63, 3.8) is 0 Å². The molecule has 2 amide bonds. The Kier molecular flexibility index (Phi) is 5.66. The van der Waals surface area contributed by atoms with E-state index >= 15 is 0 Å². The second-order valence-corrected chi connectivity index (χ2v) is 6.33. The van der Waals surface area contributed by atoms with Crippen molar-refractivity contribution in [2.45, 2.75) is 32.4 Å². The van der Waals surface area contributed by atoms with E-state index in [4.69, 9.17) is 5.11 Å². The molecule has 0 aliphatic rings. The zero-order chi connectivity index (χ0) is 19.3. The first-order valence-electron chi connectivity index (χ1n) is 7.92. The van der Waals surface area contributed by atoms with Crippen molar-refractivity contribution in [1.29, 1.82) is 0 Å². The van der Waals surface area contributed by atoms with Crippen LogP contribution in [0.5, 0.6) is 0 Å². The highest BCUT2D eigenvalue weighted by Crippen LogP contribution is 2.15. The van der Waals surface area contributed by atoms with E-state index < -0.39 is 17.4 Å². The summed E-state index contributed by atoms with van der Waals surface area (Å²) in [6.07, 6.45) is 4.04. The molecule has 0 spiro atoms. The number of amides is 2. The van der Waals surface area contributed by atoms with Gasteiger partial charge in [-0.15, -0.1) is 0 Å². The number of carboxylic acids is 1. The third-order valence-corrected chi connectivity index (χ3v) is 3.82. The number of carbonyl (C=O) groups excluding carboxylic acids is 2. The van der Waals surface area contributed by atoms with Crippen LogP contribution >= 0.6 is 0 Å². The van der Waals surface area contributed by atoms with Crippen LogP contribution in [0.1, 0.15) is 53.1 Å². The number of aromatic nitrogens is 2. The fraction of sp³-hybridized carbons (Fsp3) is 0.278. The second-order valence-electron chi connectivity index (χ2n) is 6.33. The van der Waals surface area contributed by atoms with E-state index in [1.165, 1.54) is 30.9 Å². The van der Waals surface area contributed by atoms with E-state index in [2.05, 4.69) is 20.6 Å². The molecule has 26 heavy (non-hydrogen) atoms. The number of nitrogens with one attached hydrogen (secondary N) is 2. The Bertz CT molecular complexity index is 804. The molecule has 0 saturated carbocycles. The largest absolute Gasteiger partial charge is 0.478 e. The number of carbonyl (C=O) groups is 3. The van der Waals surface area contributed by atoms with Gasteiger partial charge in [-0.3, -0.25) is 9.59 Å². The first kappa shape index (κ1) is 19.0. The van der Waals surface area contributed by atoms with Gasteiger partial charge in [0.2, 0.25) is 5.91 Å². The van der Waals surface area contributed by atoms with Crippen molar-refractivity contribution >= 4 is 17.8 Å². The van der Waals surface area contributed by atoms with E-state index in [0.29, 0.717) is 0 Å². The molecule has 1 heterocycles. The molecule has 0 bridgehead atoms. The van der Waals surface area contributed by atoms with Crippen molar-refractivity contribution in [3.05, 3.63) is 59.7 Å². The third-order valence-electron chi connectivity index (χ3n) is 3.82. The lowest BCUT2D eigenvalue weighted by molar-refractivity contribution is -0.126. The average Bonchev–Trinajstić information content (AvgIpc) is 2.62. The van der Waals surface area contributed by atoms with Gasteiger partial charge in [0.15, 0.2) is 0 Å². The Balaban J connectivity index is 2.02. The molecule has 0 aliphatic carbocycles. The normalized spacial score (nSPS) is 12.1. The number of carboxylic acid groups (broad SMARTS) is 1. The summed E-state index contributed by atoms with van der Waals surface area (Å²) in [5.41, 5.74) is 0.0138. The SMILES string of the molecule is C[C@@H](NC(=O)C(C)(C)NC(=O)c1cncnc1)c1ccc(C(=O)O)cc1. The van der Waals surface area contributed by atoms with E-state index in [1.807, 2.05) is 0 Å². The predicted molar refractivity (Wildman–Crippen MR) is 93.5 cm³/mol. The van der Waals surface area contributed by atoms with Gasteiger partial charge in [0.1, 0.15) is 11.9 Å². The Hall–Kier alpha value is -3.29. The molecule has 136 valence electrons. The molecule has 0 saturated heterocycles. The highest BCUT2D eigenvalue weighted by atomic mass is 16.4. The molecular formula is C18H20N4O4. The molecule has 1 atom stereocenters. The van der Waals surface area contributed by atoms with Gasteiger partial charge >= 0.3 is 5.97 Å². The zero-order valence-electron chi connectivity index (χ0n) is 14.7. The maximum Gasteiger partial charge on any atom is 0.335 e. The van der Waals surface area contributed by atoms with Crippen molar-refractivity contribution < 1.29 is 19.5 Å². The topological polar surface area (TPSA) is 121 Å². The first-order chi connectivity index (χ1) is 12.2. The molecular weight excluding hydrogens is 336 g/mol. The fourth-order valence-electron chi connectivity index (χ4n) is 2.20. The zero-order valence-corrected chi connectivity index (χ0v) is 14.7. The molecule has 1 aromatic carbocycles. The molecule has 2 rings (SSSR count). The molecule has 8 nitrogen and oxygen atoms in total. The van der Waals surface area contributed by atoms with Crippen LogP contribution in [0.3, 0.4) is 0 Å². The van der Waals surface area contributed by atoms with Gasteiger partial charge in [-0.2, -0.15) is 0 Å². The highest BCUT2D eigenvalue weighted by Gasteiger charge is 2.31. The molecule has 0 unspecified atom stereocenters. The number of aromatic carboxylic acids is 1. The number of benzene rings is 1. The van der Waals surface area contributed by atoms with Crippen LogP contribution in [0.4, 0.5) is 0 Å². The second kappa shape index (κ2) is 7.73. The third kappa shape index (κ3) is 4.62. The summed E-state index contributed by atoms with van der Waals surface area (Å²) in [6.45, 7) is 4.95. The lowest BCUT2D eigenvalue weighted by Gasteiger charge is -2.27. The van der Waals surface area contributed by atoms with Crippen molar-refractivity contribution in [1.82, 2.24) is 20.6 Å². The van der Waals surface area contributed by atoms with E-state index in [0.717, 1.165) is 5.56 Å². The smallest absolute Gasteiger partial charge is 0.335 e. The van der Waals surface area contributed by atoms with Gasteiger partial charge in [-0.05, 0) is 38.5 Å². The Morgan fingerprint density at radius 2 is 1.62 bits per heavy atom. The van der Waals surface area contributed by atoms with Crippen LogP contribution < -0.4 is 10.6 Å². The number of hydrogen-bond donors (Lipinski definition) is 3. The van der Waals surface area contributed by atoms with Crippen molar-refractivity contribution in [2.75, 3.05) is 0 Å². The first-order valence-corrected chi connectivity index (χ1v) is 7.92. The summed E-state index contributed by atoms with van der Waals surface area (Å²) < 4.78 is 0. The summed E-state index contributed by atoms with van der Waals surface area (Å²) in [4.78, 5) is 43.2. The maximum absolute atomic E-state index is 12.5. The van der Waals surface area contributed by atoms with Crippen molar-refractivity contribution in [2.24, 2.45) is 0 Å². The number of rotatable bonds is 6. The molecule has 1 aromatic heterocycles. The molecule has 2 aromatic rings. The van der Waals surface area contributed by atoms with Crippen LogP contribution in [0.15, 0.2) is 43.0 Å². The van der Waals surface area contributed by atoms with Gasteiger partial charge in [0.25, 0.3) is 5.91 Å². The molecule has 0 fully saturated rings. The summed E-state index contributed by atoms with van der Waals surface area (Å²) in [6, 6.07) is 5.87. The lowest BCUT2D eigenvalue weighted by Crippen LogP contribution is -2.55. The Morgan fingerprint density at radius 1 is 1.04 bits per heavy atom. The Labute approximate surface area is 150 Å². The minimum atomic E-state index is -1.16. The summed E-state index contributed by atoms with van der Waals surface area (Å²) in [7, 11) is 0. The van der Waals surface area contributed by atoms with E-state index in [-0.39, 0.29) is 23.1 Å². The van der Waals surface area contributed by atoms with Gasteiger partial charge in [0.05, 0.1) is 17.2 Å². The van der Waals surface area contributed by atoms with E-state index in [1.54, 1.807) is 32.9 Å². The number of hydrogen-bond acceptors (Lipinski definition) is 5. The molecule has 0 aliphatic heterocycles. The minimum absolute atomic E-state index is 0.171. The van der Waals surface area contributed by atoms with Crippen LogP contribution in [-0.2, 0) is 4.79 Å². The fourth-order valence-corrected chi connectivity index (χ4v) is 2.20. The van der Waals surface area contributed by atoms with Gasteiger partial charge in [-0.25, -0.2) is 14.8 Å². The number of nitrogens with zero attached hydrogens (tertiary/aromatic N) is 2. The van der Waals surface area contributed by atoms with Crippen molar-refractivity contribution in [3.8, 4) is 0 Å². The summed E-state index contributed by atoms with van der Waals surface area (Å²) in [5, 5.41) is 14.4. The highest BCUT2D eigenvalue weighted by molar-refractivity contribution is 5.98. The molecule has 8 heteroatoms. The quantitative estimate of drug-likeness (QED) is 0.722. The maximum atomic E-state index is 12.5. The average molecular weight is 356 g/mol. The summed E-state index contributed by atoms with van der Waals surface area (Å²) >= 11 is 0. The Morgan fingerprint density at radius 3 is 2.15 bits per heavy atom. The molecule has 0 radical (unpaired) electrons. The monoisotopic (exact) mass is 356 g/mol. The van der Waals surface area contributed by atoms with Crippen LogP contribution in [0.2, 0.25) is 0 Å². The van der Waals surface area contributed by atoms with Crippen LogP contribution in [-0.4, -0.2) is 38.4 Å². The summed E-state index contributed by atoms with van der Waals surface area (Å²) in [5.74, 6) is -1.84. The lowest BCUT2D eigenvalue weighted by atomic mass is 10.0. The standard InChI is InChI=1S/C18H20N4O4/c1-11(12-4-6-13(7-5-12)16(24)25)21-17(26)18(2,3)22-15(23)14-8-19-10-20-9-14/h4-11H,1-3H3,(H,21,26)(H,22,23)(H,24,25)/t11-/m1/s1. The predicted octanol–water partition coefficient (Wildman–Crippen LogP) is 1.56. The van der Waals surface area contributed by atoms with E-state index in [9.17, 15) is 14.4 Å². The molecule has 3 N–H and O–H groups in total. The van der Waals surface area contributed by atoms with Crippen LogP contribution in [0.25, 0.3) is 0 Å². The van der Waals surface area contributed by atoms with Gasteiger partial charge in [0, 0.05) is 12.4 Å². The van der Waals surface area contributed by atoms with Gasteiger partial charge < -0.3 is 15.7 Å². The van der Waals surface area contributed by atoms with Gasteiger partial charge in [-0.1, -0.05) is 12.1 Å². The minimum Gasteiger partial charge on any atom is -0.478 e. The van der Waals surface area contributed by atoms with Crippen LogP contribution in [0, 0.1) is 0 Å².